The summed E-state index contributed by atoms with van der Waals surface area (Å²) < 4.78 is 0. The van der Waals surface area contributed by atoms with Gasteiger partial charge >= 0.3 is 0 Å². The Morgan fingerprint density at radius 1 is 0.327 bits per heavy atom. The van der Waals surface area contributed by atoms with Crippen molar-refractivity contribution < 1.29 is 0 Å². The molecule has 52 heavy (non-hydrogen) atoms. The van der Waals surface area contributed by atoms with Crippen LogP contribution in [0.1, 0.15) is 208 Å². The van der Waals surface area contributed by atoms with Crippen LogP contribution in [0.2, 0.25) is 0 Å². The van der Waals surface area contributed by atoms with Gasteiger partial charge in [0, 0.05) is 32.2 Å². The number of rotatable bonds is 41. The van der Waals surface area contributed by atoms with E-state index in [2.05, 4.69) is 105 Å². The molecule has 3 heteroatoms. The number of unbranched alkanes of at least 4 members (excludes halogenated alkanes) is 18. The quantitative estimate of drug-likeness (QED) is 0.0459. The molecule has 0 spiro atoms. The van der Waals surface area contributed by atoms with E-state index in [1.165, 1.54) is 206 Å². The van der Waals surface area contributed by atoms with Gasteiger partial charge in [-0.25, -0.2) is 0 Å². The van der Waals surface area contributed by atoms with Crippen molar-refractivity contribution in [3.63, 3.8) is 0 Å². The molecule has 0 aromatic rings. The maximum atomic E-state index is 2.93. The zero-order valence-corrected chi connectivity index (χ0v) is 36.6. The molecule has 0 bridgehead atoms. The summed E-state index contributed by atoms with van der Waals surface area (Å²) in [5, 5.41) is 0. The smallest absolute Gasteiger partial charge is 0.0113 e. The fourth-order valence-electron chi connectivity index (χ4n) is 7.34. The topological polar surface area (TPSA) is 9.72 Å². The van der Waals surface area contributed by atoms with Crippen LogP contribution in [-0.4, -0.2) is 73.1 Å². The zero-order valence-electron chi connectivity index (χ0n) is 36.6. The average molecular weight is 726 g/mol. The molecule has 3 nitrogen and oxygen atoms in total. The maximum Gasteiger partial charge on any atom is 0.0113 e. The van der Waals surface area contributed by atoms with Crippen LogP contribution >= 0.6 is 0 Å². The molecular weight excluding hydrogens is 631 g/mol. The lowest BCUT2D eigenvalue weighted by molar-refractivity contribution is 0.128. The predicted octanol–water partition coefficient (Wildman–Crippen LogP) is 14.7. The summed E-state index contributed by atoms with van der Waals surface area (Å²) in [6, 6.07) is 0.753. The lowest BCUT2D eigenvalue weighted by atomic mass is 9.98. The molecule has 0 amide bonds. The van der Waals surface area contributed by atoms with Crippen molar-refractivity contribution >= 4 is 0 Å². The van der Waals surface area contributed by atoms with Crippen LogP contribution in [0.15, 0.2) is 48.6 Å². The largest absolute Gasteiger partial charge is 0.303 e. The van der Waals surface area contributed by atoms with E-state index >= 15 is 0 Å². The molecule has 0 fully saturated rings. The molecule has 0 rings (SSSR count). The van der Waals surface area contributed by atoms with Crippen molar-refractivity contribution in [3.05, 3.63) is 48.6 Å². The maximum absolute atomic E-state index is 2.93. The summed E-state index contributed by atoms with van der Waals surface area (Å²) in [7, 11) is 0. The van der Waals surface area contributed by atoms with Crippen LogP contribution in [0.5, 0.6) is 0 Å². The molecule has 0 N–H and O–H groups in total. The Labute approximate surface area is 329 Å². The second kappa shape index (κ2) is 42.6. The fourth-order valence-corrected chi connectivity index (χ4v) is 7.34. The minimum Gasteiger partial charge on any atom is -0.303 e. The molecule has 0 aliphatic carbocycles. The number of hydrogen-bond donors (Lipinski definition) is 0. The Hall–Kier alpha value is -1.16. The van der Waals surface area contributed by atoms with Gasteiger partial charge in [0.1, 0.15) is 0 Å². The van der Waals surface area contributed by atoms with Crippen LogP contribution in [0.3, 0.4) is 0 Å². The van der Waals surface area contributed by atoms with E-state index in [9.17, 15) is 0 Å². The Kier molecular flexibility index (Phi) is 41.6. The molecule has 0 heterocycles. The van der Waals surface area contributed by atoms with Crippen molar-refractivity contribution in [2.45, 2.75) is 215 Å². The molecule has 0 aliphatic rings. The van der Waals surface area contributed by atoms with E-state index < -0.39 is 0 Å². The minimum atomic E-state index is 0.753. The number of nitrogens with zero attached hydrogens (tertiary/aromatic N) is 3. The molecule has 0 aromatic heterocycles. The van der Waals surface area contributed by atoms with Gasteiger partial charge in [0.05, 0.1) is 0 Å². The standard InChI is InChI=1S/C49H95N3/c1-7-13-15-17-19-21-23-25-27-29-31-33-35-37-39-41-43-49(52(47-45-50(9-3)10-4)48-46-51(11-5)12-6)44-42-40-38-36-34-32-30-28-26-24-22-20-18-16-14-8-2/h19-22,25-28,49H,7-18,23-24,29-48H2,1-6H3. The number of likely N-dealkylation sites (N-methyl/N-ethyl adjacent to an activating group) is 2. The van der Waals surface area contributed by atoms with Gasteiger partial charge in [-0.3, -0.25) is 4.90 Å². The monoisotopic (exact) mass is 726 g/mol. The molecule has 0 unspecified atom stereocenters. The Morgan fingerprint density at radius 2 is 0.635 bits per heavy atom. The molecule has 0 aromatic carbocycles. The Morgan fingerprint density at radius 3 is 0.962 bits per heavy atom. The summed E-state index contributed by atoms with van der Waals surface area (Å²) >= 11 is 0. The SMILES string of the molecule is CCCCCC=CCC=CCCCCCCCCC(CCCCCCCCC=CCC=CCCCCC)N(CCN(CC)CC)CCN(CC)CC. The average Bonchev–Trinajstić information content (AvgIpc) is 3.16. The molecule has 0 radical (unpaired) electrons. The van der Waals surface area contributed by atoms with Crippen molar-refractivity contribution in [1.29, 1.82) is 0 Å². The van der Waals surface area contributed by atoms with E-state index in [-0.39, 0.29) is 0 Å². The van der Waals surface area contributed by atoms with Gasteiger partial charge in [-0.2, -0.15) is 0 Å². The Balaban J connectivity index is 4.65. The lowest BCUT2D eigenvalue weighted by Gasteiger charge is -2.35. The summed E-state index contributed by atoms with van der Waals surface area (Å²) in [6.07, 6.45) is 53.9. The van der Waals surface area contributed by atoms with E-state index in [1.54, 1.807) is 0 Å². The first-order chi connectivity index (χ1) is 25.7. The van der Waals surface area contributed by atoms with Crippen LogP contribution < -0.4 is 0 Å². The van der Waals surface area contributed by atoms with Gasteiger partial charge in [0.15, 0.2) is 0 Å². The third kappa shape index (κ3) is 34.6. The molecular formula is C49H95N3. The van der Waals surface area contributed by atoms with Crippen molar-refractivity contribution in [2.75, 3.05) is 52.4 Å². The van der Waals surface area contributed by atoms with E-state index in [0.29, 0.717) is 0 Å². The van der Waals surface area contributed by atoms with E-state index in [1.807, 2.05) is 0 Å². The van der Waals surface area contributed by atoms with Gasteiger partial charge in [-0.1, -0.05) is 180 Å². The van der Waals surface area contributed by atoms with Crippen LogP contribution in [-0.2, 0) is 0 Å². The summed E-state index contributed by atoms with van der Waals surface area (Å²) in [4.78, 5) is 8.18. The first kappa shape index (κ1) is 50.8. The molecule has 0 saturated heterocycles. The molecule has 0 aliphatic heterocycles. The summed E-state index contributed by atoms with van der Waals surface area (Å²) in [6.45, 7) is 23.5. The highest BCUT2D eigenvalue weighted by atomic mass is 15.2. The van der Waals surface area contributed by atoms with Gasteiger partial charge in [-0.05, 0) is 103 Å². The van der Waals surface area contributed by atoms with Gasteiger partial charge < -0.3 is 9.80 Å². The minimum absolute atomic E-state index is 0.753. The third-order valence-corrected chi connectivity index (χ3v) is 11.2. The van der Waals surface area contributed by atoms with Crippen molar-refractivity contribution in [2.24, 2.45) is 0 Å². The van der Waals surface area contributed by atoms with Crippen LogP contribution in [0.25, 0.3) is 0 Å². The Bertz CT molecular complexity index is 726. The van der Waals surface area contributed by atoms with Gasteiger partial charge in [0.25, 0.3) is 0 Å². The number of hydrogen-bond acceptors (Lipinski definition) is 3. The zero-order chi connectivity index (χ0) is 38.0. The first-order valence-corrected chi connectivity index (χ1v) is 23.4. The van der Waals surface area contributed by atoms with Crippen molar-refractivity contribution in [3.8, 4) is 0 Å². The van der Waals surface area contributed by atoms with Crippen molar-refractivity contribution in [1.82, 2.24) is 14.7 Å². The normalized spacial score (nSPS) is 13.2. The van der Waals surface area contributed by atoms with E-state index in [4.69, 9.17) is 0 Å². The van der Waals surface area contributed by atoms with Gasteiger partial charge in [0.2, 0.25) is 0 Å². The molecule has 0 saturated carbocycles. The highest BCUT2D eigenvalue weighted by molar-refractivity contribution is 4.93. The molecule has 0 atom stereocenters. The highest BCUT2D eigenvalue weighted by Gasteiger charge is 2.19. The first-order valence-electron chi connectivity index (χ1n) is 23.4. The number of allylic oxidation sites excluding steroid dienone is 8. The fraction of sp³-hybridized carbons (Fsp3) is 0.837. The molecule has 306 valence electrons. The summed E-state index contributed by atoms with van der Waals surface area (Å²) in [5.74, 6) is 0. The highest BCUT2D eigenvalue weighted by Crippen LogP contribution is 2.20. The van der Waals surface area contributed by atoms with Crippen LogP contribution in [0.4, 0.5) is 0 Å². The van der Waals surface area contributed by atoms with Crippen LogP contribution in [0, 0.1) is 0 Å². The lowest BCUT2D eigenvalue weighted by Crippen LogP contribution is -2.45. The van der Waals surface area contributed by atoms with Gasteiger partial charge in [-0.15, -0.1) is 0 Å². The summed E-state index contributed by atoms with van der Waals surface area (Å²) in [5.41, 5.74) is 0. The second-order valence-electron chi connectivity index (χ2n) is 15.5. The predicted molar refractivity (Wildman–Crippen MR) is 239 cm³/mol. The third-order valence-electron chi connectivity index (χ3n) is 11.2. The second-order valence-corrected chi connectivity index (χ2v) is 15.5. The van der Waals surface area contributed by atoms with E-state index in [0.717, 1.165) is 18.9 Å².